The molecule has 7 nitrogen and oxygen atoms in total. The zero-order valence-electron chi connectivity index (χ0n) is 17.3. The average molecular weight is 444 g/mol. The maximum atomic E-state index is 12.5. The summed E-state index contributed by atoms with van der Waals surface area (Å²) in [4.78, 5) is 29.0. The highest BCUT2D eigenvalue weighted by Gasteiger charge is 2.27. The van der Waals surface area contributed by atoms with Gasteiger partial charge in [0, 0.05) is 49.9 Å². The molecule has 4 rings (SSSR count). The number of nitrogens with zero attached hydrogens (tertiary/aromatic N) is 2. The van der Waals surface area contributed by atoms with Crippen LogP contribution in [0.15, 0.2) is 48.5 Å². The Hall–Kier alpha value is -2.93. The summed E-state index contributed by atoms with van der Waals surface area (Å²) in [6.45, 7) is 3.54. The number of benzene rings is 2. The van der Waals surface area contributed by atoms with Crippen LogP contribution in [-0.2, 0) is 9.59 Å². The van der Waals surface area contributed by atoms with Gasteiger partial charge in [0.15, 0.2) is 11.5 Å². The van der Waals surface area contributed by atoms with Crippen molar-refractivity contribution in [2.75, 3.05) is 44.2 Å². The molecule has 2 amide bonds. The quantitative estimate of drug-likeness (QED) is 0.695. The van der Waals surface area contributed by atoms with Crippen molar-refractivity contribution in [1.82, 2.24) is 10.2 Å². The number of nitrogens with one attached hydrogen (secondary N) is 1. The minimum atomic E-state index is -0.676. The molecule has 0 spiro atoms. The van der Waals surface area contributed by atoms with Gasteiger partial charge in [0.1, 0.15) is 6.61 Å². The topological polar surface area (TPSA) is 71.1 Å². The van der Waals surface area contributed by atoms with Gasteiger partial charge in [0.05, 0.1) is 0 Å². The maximum Gasteiger partial charge on any atom is 0.264 e. The Labute approximate surface area is 186 Å². The summed E-state index contributed by atoms with van der Waals surface area (Å²) in [5.74, 6) is 1.11. The van der Waals surface area contributed by atoms with Crippen LogP contribution in [0.1, 0.15) is 12.8 Å². The van der Waals surface area contributed by atoms with Crippen molar-refractivity contribution in [2.45, 2.75) is 18.9 Å². The van der Waals surface area contributed by atoms with Crippen molar-refractivity contribution < 1.29 is 19.1 Å². The van der Waals surface area contributed by atoms with Crippen LogP contribution >= 0.6 is 11.6 Å². The third kappa shape index (κ3) is 5.41. The number of rotatable bonds is 6. The molecule has 1 N–H and O–H groups in total. The van der Waals surface area contributed by atoms with Crippen molar-refractivity contribution in [3.63, 3.8) is 0 Å². The number of hydrogen-bond donors (Lipinski definition) is 1. The molecule has 0 bridgehead atoms. The first-order valence-electron chi connectivity index (χ1n) is 10.5. The van der Waals surface area contributed by atoms with E-state index in [9.17, 15) is 9.59 Å². The van der Waals surface area contributed by atoms with Crippen LogP contribution < -0.4 is 19.7 Å². The maximum absolute atomic E-state index is 12.5. The Morgan fingerprint density at radius 1 is 1.03 bits per heavy atom. The van der Waals surface area contributed by atoms with Crippen LogP contribution in [0, 0.1) is 0 Å². The van der Waals surface area contributed by atoms with E-state index in [0.717, 1.165) is 18.8 Å². The van der Waals surface area contributed by atoms with Crippen molar-refractivity contribution in [3.05, 3.63) is 53.6 Å². The highest BCUT2D eigenvalue weighted by atomic mass is 35.5. The van der Waals surface area contributed by atoms with Crippen molar-refractivity contribution in [3.8, 4) is 11.5 Å². The van der Waals surface area contributed by atoms with E-state index >= 15 is 0 Å². The molecule has 1 fully saturated rings. The molecule has 2 aromatic carbocycles. The Balaban J connectivity index is 1.15. The van der Waals surface area contributed by atoms with E-state index in [0.29, 0.717) is 49.0 Å². The van der Waals surface area contributed by atoms with E-state index in [-0.39, 0.29) is 18.4 Å². The molecule has 164 valence electrons. The number of anilines is 1. The largest absolute Gasteiger partial charge is 0.485 e. The summed E-state index contributed by atoms with van der Waals surface area (Å²) in [6.07, 6.45) is 0.316. The fourth-order valence-corrected chi connectivity index (χ4v) is 3.94. The van der Waals surface area contributed by atoms with Crippen LogP contribution in [-0.4, -0.2) is 62.1 Å². The second kappa shape index (κ2) is 9.92. The number of amides is 2. The van der Waals surface area contributed by atoms with Gasteiger partial charge in [-0.1, -0.05) is 29.8 Å². The molecule has 0 unspecified atom stereocenters. The SMILES string of the molecule is O=C(NCCCC(=O)N1CCN(c2cccc(Cl)c2)CC1)[C@@H]1COc2ccccc2O1. The lowest BCUT2D eigenvalue weighted by Crippen LogP contribution is -2.49. The Morgan fingerprint density at radius 2 is 1.81 bits per heavy atom. The predicted octanol–water partition coefficient (Wildman–Crippen LogP) is 2.73. The molecule has 2 aliphatic rings. The van der Waals surface area contributed by atoms with Gasteiger partial charge in [-0.15, -0.1) is 0 Å². The molecule has 0 aliphatic carbocycles. The van der Waals surface area contributed by atoms with Crippen molar-refractivity contribution in [1.29, 1.82) is 0 Å². The van der Waals surface area contributed by atoms with Gasteiger partial charge in [-0.05, 0) is 36.8 Å². The highest BCUT2D eigenvalue weighted by molar-refractivity contribution is 6.30. The Kier molecular flexibility index (Phi) is 6.82. The number of ether oxygens (including phenoxy) is 2. The minimum absolute atomic E-state index is 0.117. The Morgan fingerprint density at radius 3 is 2.58 bits per heavy atom. The molecule has 0 saturated carbocycles. The molecule has 1 saturated heterocycles. The number of carbonyl (C=O) groups is 2. The van der Waals surface area contributed by atoms with Gasteiger partial charge in [0.25, 0.3) is 5.91 Å². The van der Waals surface area contributed by atoms with Gasteiger partial charge in [-0.2, -0.15) is 0 Å². The number of hydrogen-bond acceptors (Lipinski definition) is 5. The van der Waals surface area contributed by atoms with Gasteiger partial charge in [-0.3, -0.25) is 9.59 Å². The standard InChI is InChI=1S/C23H26ClN3O4/c24-17-5-3-6-18(15-17)26-11-13-27(14-12-26)22(28)9-4-10-25-23(29)21-16-30-19-7-1-2-8-20(19)31-21/h1-3,5-8,15,21H,4,9-14,16H2,(H,25,29)/t21-/m0/s1. The molecule has 2 heterocycles. The first-order chi connectivity index (χ1) is 15.1. The van der Waals surface area contributed by atoms with E-state index in [4.69, 9.17) is 21.1 Å². The monoisotopic (exact) mass is 443 g/mol. The second-order valence-electron chi connectivity index (χ2n) is 7.61. The summed E-state index contributed by atoms with van der Waals surface area (Å²) in [6, 6.07) is 15.1. The zero-order chi connectivity index (χ0) is 21.6. The summed E-state index contributed by atoms with van der Waals surface area (Å²) in [5.41, 5.74) is 1.08. The number of carbonyl (C=O) groups excluding carboxylic acids is 2. The summed E-state index contributed by atoms with van der Waals surface area (Å²) < 4.78 is 11.3. The molecule has 31 heavy (non-hydrogen) atoms. The molecular weight excluding hydrogens is 418 g/mol. The second-order valence-corrected chi connectivity index (χ2v) is 8.04. The Bertz CT molecular complexity index is 931. The lowest BCUT2D eigenvalue weighted by molar-refractivity contribution is -0.132. The predicted molar refractivity (Wildman–Crippen MR) is 119 cm³/mol. The summed E-state index contributed by atoms with van der Waals surface area (Å²) >= 11 is 6.07. The van der Waals surface area contributed by atoms with Crippen molar-refractivity contribution >= 4 is 29.1 Å². The molecule has 2 aliphatic heterocycles. The lowest BCUT2D eigenvalue weighted by Gasteiger charge is -2.36. The molecular formula is C23H26ClN3O4. The van der Waals surface area contributed by atoms with Gasteiger partial charge in [-0.25, -0.2) is 0 Å². The number of halogens is 1. The van der Waals surface area contributed by atoms with Gasteiger partial charge < -0.3 is 24.6 Å². The average Bonchev–Trinajstić information content (AvgIpc) is 2.81. The van der Waals surface area contributed by atoms with Crippen LogP contribution in [0.5, 0.6) is 11.5 Å². The smallest absolute Gasteiger partial charge is 0.264 e. The van der Waals surface area contributed by atoms with Crippen LogP contribution in [0.25, 0.3) is 0 Å². The van der Waals surface area contributed by atoms with E-state index in [1.54, 1.807) is 6.07 Å². The number of fused-ring (bicyclic) bond motifs is 1. The summed E-state index contributed by atoms with van der Waals surface area (Å²) in [5, 5.41) is 3.56. The van der Waals surface area contributed by atoms with Crippen LogP contribution in [0.4, 0.5) is 5.69 Å². The normalized spacial score (nSPS) is 17.9. The van der Waals surface area contributed by atoms with Crippen molar-refractivity contribution in [2.24, 2.45) is 0 Å². The molecule has 1 atom stereocenters. The first kappa shape index (κ1) is 21.3. The van der Waals surface area contributed by atoms with Crippen LogP contribution in [0.3, 0.4) is 0 Å². The molecule has 0 aromatic heterocycles. The fourth-order valence-electron chi connectivity index (χ4n) is 3.76. The van der Waals surface area contributed by atoms with Gasteiger partial charge in [0.2, 0.25) is 12.0 Å². The third-order valence-electron chi connectivity index (χ3n) is 5.47. The van der Waals surface area contributed by atoms with E-state index < -0.39 is 6.10 Å². The third-order valence-corrected chi connectivity index (χ3v) is 5.71. The van der Waals surface area contributed by atoms with E-state index in [1.165, 1.54) is 0 Å². The van der Waals surface area contributed by atoms with Gasteiger partial charge >= 0.3 is 0 Å². The molecule has 2 aromatic rings. The highest BCUT2D eigenvalue weighted by Crippen LogP contribution is 2.30. The van der Waals surface area contributed by atoms with E-state index in [1.807, 2.05) is 47.4 Å². The molecule has 8 heteroatoms. The number of para-hydroxylation sites is 2. The molecule has 0 radical (unpaired) electrons. The fraction of sp³-hybridized carbons (Fsp3) is 0.391. The first-order valence-corrected chi connectivity index (χ1v) is 10.9. The zero-order valence-corrected chi connectivity index (χ0v) is 18.0. The minimum Gasteiger partial charge on any atom is -0.485 e. The lowest BCUT2D eigenvalue weighted by atomic mass is 10.2. The van der Waals surface area contributed by atoms with Crippen LogP contribution in [0.2, 0.25) is 5.02 Å². The number of piperazine rings is 1. The summed E-state index contributed by atoms with van der Waals surface area (Å²) in [7, 11) is 0. The van der Waals surface area contributed by atoms with E-state index in [2.05, 4.69) is 10.2 Å².